The van der Waals surface area contributed by atoms with E-state index in [1.807, 2.05) is 60.7 Å². The van der Waals surface area contributed by atoms with Crippen molar-refractivity contribution in [2.75, 3.05) is 9.80 Å². The molecule has 13 rings (SSSR count). The monoisotopic (exact) mass is 1030 g/mol. The van der Waals surface area contributed by atoms with E-state index in [2.05, 4.69) is 213 Å². The molecule has 6 nitrogen and oxygen atoms in total. The summed E-state index contributed by atoms with van der Waals surface area (Å²) in [6, 6.07) is 84.2. The van der Waals surface area contributed by atoms with Gasteiger partial charge in [-0.2, -0.15) is 0 Å². The summed E-state index contributed by atoms with van der Waals surface area (Å²) < 4.78 is 0. The number of carbonyl (C=O) groups is 2. The number of anilines is 4. The summed E-state index contributed by atoms with van der Waals surface area (Å²) in [5.41, 5.74) is 19.1. The van der Waals surface area contributed by atoms with Crippen LogP contribution >= 0.6 is 0 Å². The standard InChI is InChI=1S/C74H56N4O2/c1-47(2)59-27-18-28-60(48(3)4)69(59)77-68(44-43-63-71(79)61-25-14-15-26-62(61)72(63)80)78(74-73(77)75-66-29-16-17-30-67(66)76-74)70-64(56-39-35-53(36-40-56)50-21-10-6-11-22-50)45-58(55-33-31-52(32-34-55)49-19-8-5-9-20-49)46-65(70)57-41-37-54(38-42-57)51-23-12-7-13-24-51/h5-48H,1-4H3/b68-44+. The zero-order valence-electron chi connectivity index (χ0n) is 45.0. The molecule has 0 fully saturated rings. The maximum Gasteiger partial charge on any atom is 0.197 e. The Bertz CT molecular complexity index is 4070. The maximum absolute atomic E-state index is 14.4. The molecule has 0 bridgehead atoms. The van der Waals surface area contributed by atoms with Crippen LogP contribution in [0.4, 0.5) is 23.0 Å². The predicted octanol–water partition coefficient (Wildman–Crippen LogP) is 19.0. The number of para-hydroxylation sites is 3. The summed E-state index contributed by atoms with van der Waals surface area (Å²) in [4.78, 5) is 44.6. The number of fused-ring (bicyclic) bond motifs is 3. The zero-order valence-corrected chi connectivity index (χ0v) is 45.0. The van der Waals surface area contributed by atoms with Gasteiger partial charge in [-0.1, -0.05) is 246 Å². The molecule has 1 aliphatic heterocycles. The largest absolute Gasteiger partial charge is 0.288 e. The van der Waals surface area contributed by atoms with E-state index in [1.54, 1.807) is 18.2 Å². The highest BCUT2D eigenvalue weighted by atomic mass is 16.2. The Morgan fingerprint density at radius 2 is 0.662 bits per heavy atom. The van der Waals surface area contributed by atoms with E-state index in [0.717, 1.165) is 100 Å². The van der Waals surface area contributed by atoms with Gasteiger partial charge in [-0.15, -0.1) is 0 Å². The predicted molar refractivity (Wildman–Crippen MR) is 329 cm³/mol. The molecule has 0 N–H and O–H groups in total. The molecule has 1 aromatic heterocycles. The highest BCUT2D eigenvalue weighted by Crippen LogP contribution is 2.56. The molecule has 0 saturated carbocycles. The van der Waals surface area contributed by atoms with Crippen molar-refractivity contribution in [3.8, 4) is 66.8 Å². The highest BCUT2D eigenvalue weighted by molar-refractivity contribution is 6.39. The summed E-state index contributed by atoms with van der Waals surface area (Å²) in [6.45, 7) is 8.90. The molecule has 0 saturated heterocycles. The topological polar surface area (TPSA) is 66.4 Å². The van der Waals surface area contributed by atoms with Crippen LogP contribution in [0.3, 0.4) is 0 Å². The van der Waals surface area contributed by atoms with E-state index in [4.69, 9.17) is 9.97 Å². The van der Waals surface area contributed by atoms with Crippen LogP contribution in [0.2, 0.25) is 0 Å². The van der Waals surface area contributed by atoms with E-state index in [1.165, 1.54) is 0 Å². The highest BCUT2D eigenvalue weighted by Gasteiger charge is 2.42. The molecule has 2 heterocycles. The first-order valence-corrected chi connectivity index (χ1v) is 27.4. The van der Waals surface area contributed by atoms with Gasteiger partial charge in [0.15, 0.2) is 23.2 Å². The Morgan fingerprint density at radius 1 is 0.325 bits per heavy atom. The van der Waals surface area contributed by atoms with E-state index < -0.39 is 0 Å². The molecular weight excluding hydrogens is 977 g/mol. The van der Waals surface area contributed by atoms with Crippen molar-refractivity contribution >= 4 is 45.6 Å². The number of hydrogen-bond acceptors (Lipinski definition) is 6. The Balaban J connectivity index is 1.15. The number of Topliss-reactive ketones (excluding diaryl/α,β-unsaturated/α-hetero) is 2. The smallest absolute Gasteiger partial charge is 0.197 e. The van der Waals surface area contributed by atoms with Crippen molar-refractivity contribution in [1.82, 2.24) is 9.97 Å². The number of hydrogen-bond donors (Lipinski definition) is 0. The van der Waals surface area contributed by atoms with Crippen molar-refractivity contribution in [3.63, 3.8) is 0 Å². The van der Waals surface area contributed by atoms with Crippen LogP contribution in [-0.4, -0.2) is 21.5 Å². The minimum absolute atomic E-state index is 0.101. The van der Waals surface area contributed by atoms with E-state index in [0.29, 0.717) is 28.6 Å². The molecule has 0 atom stereocenters. The Kier molecular flexibility index (Phi) is 12.8. The van der Waals surface area contributed by atoms with Gasteiger partial charge in [0.05, 0.1) is 28.0 Å². The van der Waals surface area contributed by atoms with Gasteiger partial charge in [-0.05, 0) is 115 Å². The van der Waals surface area contributed by atoms with Gasteiger partial charge in [0.1, 0.15) is 5.82 Å². The molecule has 0 spiro atoms. The van der Waals surface area contributed by atoms with Crippen molar-refractivity contribution in [3.05, 3.63) is 288 Å². The fourth-order valence-electron chi connectivity index (χ4n) is 11.5. The van der Waals surface area contributed by atoms with Crippen LogP contribution in [0.25, 0.3) is 77.8 Å². The van der Waals surface area contributed by atoms with Gasteiger partial charge >= 0.3 is 0 Å². The minimum atomic E-state index is -0.301. The van der Waals surface area contributed by atoms with Gasteiger partial charge in [0.25, 0.3) is 0 Å². The van der Waals surface area contributed by atoms with Gasteiger partial charge in [0, 0.05) is 22.3 Å². The van der Waals surface area contributed by atoms with Crippen molar-refractivity contribution in [2.24, 2.45) is 0 Å². The minimum Gasteiger partial charge on any atom is -0.288 e. The average Bonchev–Trinajstić information content (AvgIpc) is 3.87. The molecular formula is C74H56N4O2. The molecule has 6 heteroatoms. The first-order chi connectivity index (χ1) is 39.2. The number of aromatic nitrogens is 2. The van der Waals surface area contributed by atoms with E-state index >= 15 is 0 Å². The third kappa shape index (κ3) is 8.91. The first-order valence-electron chi connectivity index (χ1n) is 27.4. The molecule has 2 aliphatic rings. The molecule has 80 heavy (non-hydrogen) atoms. The number of allylic oxidation sites excluding steroid dienone is 3. The lowest BCUT2D eigenvalue weighted by Gasteiger charge is -2.32. The maximum atomic E-state index is 14.4. The third-order valence-electron chi connectivity index (χ3n) is 15.6. The fraction of sp³-hybridized carbons (Fsp3) is 0.0811. The number of nitrogens with zero attached hydrogens (tertiary/aromatic N) is 4. The van der Waals surface area contributed by atoms with Gasteiger partial charge in [-0.25, -0.2) is 9.97 Å². The van der Waals surface area contributed by atoms with Gasteiger partial charge < -0.3 is 0 Å². The summed E-state index contributed by atoms with van der Waals surface area (Å²) >= 11 is 0. The Hall–Kier alpha value is -10.0. The number of carbonyl (C=O) groups excluding carboxylic acids is 2. The quantitative estimate of drug-likeness (QED) is 0.0950. The lowest BCUT2D eigenvalue weighted by atomic mass is 9.89. The summed E-state index contributed by atoms with van der Waals surface area (Å²) in [5, 5.41) is 0. The molecule has 0 unspecified atom stereocenters. The third-order valence-corrected chi connectivity index (χ3v) is 15.6. The second kappa shape index (κ2) is 20.7. The number of rotatable bonds is 11. The van der Waals surface area contributed by atoms with Crippen LogP contribution in [0.1, 0.15) is 71.4 Å². The average molecular weight is 1030 g/mol. The summed E-state index contributed by atoms with van der Waals surface area (Å²) in [7, 11) is 0. The molecule has 11 aromatic rings. The second-order valence-electron chi connectivity index (χ2n) is 21.2. The fourth-order valence-corrected chi connectivity index (χ4v) is 11.5. The van der Waals surface area contributed by atoms with Crippen LogP contribution in [0.15, 0.2) is 266 Å². The molecule has 10 aromatic carbocycles. The van der Waals surface area contributed by atoms with Gasteiger partial charge in [-0.3, -0.25) is 19.4 Å². The SMILES string of the molecule is CC(C)c1cccc(C(C)C)c1N1/C(=C\C=C2C(=O)c3ccccc3C2=O)N(c2c(-c3ccc(-c4ccccc4)cc3)cc(-c3ccc(-c4ccccc4)cc3)cc2-c2ccc(-c3ccccc3)cc2)c2nc3ccccc3nc21. The summed E-state index contributed by atoms with van der Waals surface area (Å²) in [5.74, 6) is 1.51. The van der Waals surface area contributed by atoms with Gasteiger partial charge in [0.2, 0.25) is 0 Å². The molecule has 1 aliphatic carbocycles. The van der Waals surface area contributed by atoms with Crippen LogP contribution in [-0.2, 0) is 0 Å². The van der Waals surface area contributed by atoms with E-state index in [-0.39, 0.29) is 29.0 Å². The Labute approximate surface area is 467 Å². The molecule has 384 valence electrons. The number of ketones is 2. The lowest BCUT2D eigenvalue weighted by Crippen LogP contribution is -2.25. The molecule has 0 amide bonds. The molecule has 0 radical (unpaired) electrons. The normalized spacial score (nSPS) is 13.5. The van der Waals surface area contributed by atoms with Crippen molar-refractivity contribution in [1.29, 1.82) is 0 Å². The summed E-state index contributed by atoms with van der Waals surface area (Å²) in [6.07, 6.45) is 3.68. The zero-order chi connectivity index (χ0) is 54.4. The van der Waals surface area contributed by atoms with Crippen molar-refractivity contribution in [2.45, 2.75) is 39.5 Å². The van der Waals surface area contributed by atoms with Crippen LogP contribution in [0, 0.1) is 0 Å². The number of benzene rings is 10. The Morgan fingerprint density at radius 3 is 1.06 bits per heavy atom. The first kappa shape index (κ1) is 49.5. The van der Waals surface area contributed by atoms with Crippen molar-refractivity contribution < 1.29 is 9.59 Å². The second-order valence-corrected chi connectivity index (χ2v) is 21.2. The van der Waals surface area contributed by atoms with Crippen LogP contribution in [0.5, 0.6) is 0 Å². The van der Waals surface area contributed by atoms with Crippen LogP contribution < -0.4 is 9.80 Å². The lowest BCUT2D eigenvalue weighted by molar-refractivity contribution is 0.0988. The van der Waals surface area contributed by atoms with E-state index in [9.17, 15) is 9.59 Å².